The van der Waals surface area contributed by atoms with Crippen LogP contribution in [0.2, 0.25) is 5.02 Å². The molecule has 0 saturated heterocycles. The maximum absolute atomic E-state index is 13.1. The van der Waals surface area contributed by atoms with Gasteiger partial charge in [0.05, 0.1) is 16.7 Å². The van der Waals surface area contributed by atoms with Crippen LogP contribution in [0.3, 0.4) is 0 Å². The molecule has 0 heterocycles. The lowest BCUT2D eigenvalue weighted by Crippen LogP contribution is -2.14. The van der Waals surface area contributed by atoms with Crippen LogP contribution in [0.5, 0.6) is 0 Å². The second kappa shape index (κ2) is 6.19. The fourth-order valence-electron chi connectivity index (χ4n) is 1.63. The Morgan fingerprint density at radius 1 is 1.29 bits per heavy atom. The van der Waals surface area contributed by atoms with Gasteiger partial charge in [0.2, 0.25) is 0 Å². The molecule has 0 aliphatic carbocycles. The monoisotopic (exact) mass is 372 g/mol. The molecular formula is C13H7BrClFN2O3. The van der Waals surface area contributed by atoms with Crippen LogP contribution in [0, 0.1) is 15.9 Å². The number of nitro groups is 1. The molecule has 0 radical (unpaired) electrons. The van der Waals surface area contributed by atoms with Crippen LogP contribution >= 0.6 is 27.5 Å². The molecule has 0 saturated carbocycles. The molecule has 2 aromatic carbocycles. The maximum Gasteiger partial charge on any atom is 0.285 e. The Hall–Kier alpha value is -1.99. The molecule has 0 fully saturated rings. The van der Waals surface area contributed by atoms with Crippen molar-refractivity contribution in [3.63, 3.8) is 0 Å². The SMILES string of the molecule is O=C(Nc1cc(Cl)ccc1Br)c1ccc(F)cc1[N+](=O)[O-]. The van der Waals surface area contributed by atoms with Crippen LogP contribution in [0.25, 0.3) is 0 Å². The standard InChI is InChI=1S/C13H7BrClFN2O3/c14-10-4-1-7(15)5-11(10)17-13(19)9-3-2-8(16)6-12(9)18(20)21/h1-6H,(H,17,19). The Kier molecular flexibility index (Phi) is 4.54. The third kappa shape index (κ3) is 3.56. The van der Waals surface area contributed by atoms with E-state index in [4.69, 9.17) is 11.6 Å². The zero-order valence-corrected chi connectivity index (χ0v) is 12.6. The van der Waals surface area contributed by atoms with E-state index in [2.05, 4.69) is 21.2 Å². The Balaban J connectivity index is 2.37. The minimum atomic E-state index is -0.814. The van der Waals surface area contributed by atoms with Gasteiger partial charge in [0.15, 0.2) is 0 Å². The topological polar surface area (TPSA) is 72.2 Å². The number of rotatable bonds is 3. The molecule has 5 nitrogen and oxygen atoms in total. The van der Waals surface area contributed by atoms with E-state index in [9.17, 15) is 19.3 Å². The second-order valence-electron chi connectivity index (χ2n) is 4.00. The van der Waals surface area contributed by atoms with E-state index in [1.54, 1.807) is 12.1 Å². The van der Waals surface area contributed by atoms with Crippen molar-refractivity contribution in [3.05, 3.63) is 67.4 Å². The van der Waals surface area contributed by atoms with Crippen LogP contribution in [0.1, 0.15) is 10.4 Å². The van der Waals surface area contributed by atoms with Crippen molar-refractivity contribution in [2.45, 2.75) is 0 Å². The van der Waals surface area contributed by atoms with Crippen molar-refractivity contribution in [2.24, 2.45) is 0 Å². The zero-order valence-electron chi connectivity index (χ0n) is 10.3. The van der Waals surface area contributed by atoms with Gasteiger partial charge in [0, 0.05) is 9.50 Å². The summed E-state index contributed by atoms with van der Waals surface area (Å²) in [4.78, 5) is 22.2. The summed E-state index contributed by atoms with van der Waals surface area (Å²) in [7, 11) is 0. The number of nitrogens with zero attached hydrogens (tertiary/aromatic N) is 1. The van der Waals surface area contributed by atoms with Gasteiger partial charge in [-0.15, -0.1) is 0 Å². The Morgan fingerprint density at radius 2 is 2.00 bits per heavy atom. The van der Waals surface area contributed by atoms with Gasteiger partial charge in [-0.05, 0) is 46.3 Å². The summed E-state index contributed by atoms with van der Waals surface area (Å²) in [6, 6.07) is 7.45. The van der Waals surface area contributed by atoms with Crippen LogP contribution in [-0.2, 0) is 0 Å². The summed E-state index contributed by atoms with van der Waals surface area (Å²) in [6.45, 7) is 0. The summed E-state index contributed by atoms with van der Waals surface area (Å²) in [5, 5.41) is 13.8. The lowest BCUT2D eigenvalue weighted by atomic mass is 10.1. The second-order valence-corrected chi connectivity index (χ2v) is 5.29. The molecule has 0 spiro atoms. The van der Waals surface area contributed by atoms with E-state index in [0.29, 0.717) is 21.2 Å². The molecule has 1 amide bonds. The van der Waals surface area contributed by atoms with Gasteiger partial charge in [-0.25, -0.2) is 4.39 Å². The molecule has 108 valence electrons. The summed E-state index contributed by atoms with van der Waals surface area (Å²) >= 11 is 9.04. The third-order valence-electron chi connectivity index (χ3n) is 2.58. The highest BCUT2D eigenvalue weighted by Gasteiger charge is 2.21. The average Bonchev–Trinajstić information content (AvgIpc) is 2.42. The summed E-state index contributed by atoms with van der Waals surface area (Å²) in [5.41, 5.74) is -0.495. The number of nitrogens with one attached hydrogen (secondary N) is 1. The number of carbonyl (C=O) groups excluding carboxylic acids is 1. The fraction of sp³-hybridized carbons (Fsp3) is 0. The van der Waals surface area contributed by atoms with Crippen molar-refractivity contribution in [3.8, 4) is 0 Å². The Labute approximate surface area is 132 Å². The van der Waals surface area contributed by atoms with Gasteiger partial charge in [-0.1, -0.05) is 11.6 Å². The Bertz CT molecular complexity index is 739. The zero-order chi connectivity index (χ0) is 15.6. The van der Waals surface area contributed by atoms with Crippen LogP contribution < -0.4 is 5.32 Å². The number of hydrogen-bond donors (Lipinski definition) is 1. The first kappa shape index (κ1) is 15.4. The summed E-state index contributed by atoms with van der Waals surface area (Å²) < 4.78 is 13.6. The lowest BCUT2D eigenvalue weighted by Gasteiger charge is -2.08. The van der Waals surface area contributed by atoms with Gasteiger partial charge in [-0.3, -0.25) is 14.9 Å². The first-order valence-corrected chi connectivity index (χ1v) is 6.76. The van der Waals surface area contributed by atoms with E-state index in [1.807, 2.05) is 0 Å². The molecule has 2 rings (SSSR count). The molecule has 0 aliphatic rings. The number of benzene rings is 2. The molecule has 0 bridgehead atoms. The van der Waals surface area contributed by atoms with Crippen molar-refractivity contribution in [1.82, 2.24) is 0 Å². The van der Waals surface area contributed by atoms with Crippen molar-refractivity contribution in [1.29, 1.82) is 0 Å². The third-order valence-corrected chi connectivity index (χ3v) is 3.50. The smallest absolute Gasteiger partial charge is 0.285 e. The largest absolute Gasteiger partial charge is 0.321 e. The molecule has 0 unspecified atom stereocenters. The molecular weight excluding hydrogens is 367 g/mol. The van der Waals surface area contributed by atoms with Gasteiger partial charge >= 0.3 is 0 Å². The molecule has 2 aromatic rings. The Morgan fingerprint density at radius 3 is 2.67 bits per heavy atom. The fourth-order valence-corrected chi connectivity index (χ4v) is 2.15. The molecule has 0 atom stereocenters. The van der Waals surface area contributed by atoms with Crippen LogP contribution in [-0.4, -0.2) is 10.8 Å². The normalized spacial score (nSPS) is 10.2. The summed E-state index contributed by atoms with van der Waals surface area (Å²) in [5.74, 6) is -1.52. The number of anilines is 1. The minimum absolute atomic E-state index is 0.242. The van der Waals surface area contributed by atoms with Gasteiger partial charge in [-0.2, -0.15) is 0 Å². The van der Waals surface area contributed by atoms with Crippen molar-refractivity contribution in [2.75, 3.05) is 5.32 Å². The first-order chi connectivity index (χ1) is 9.88. The molecule has 0 aromatic heterocycles. The van der Waals surface area contributed by atoms with Gasteiger partial charge in [0.25, 0.3) is 11.6 Å². The highest BCUT2D eigenvalue weighted by atomic mass is 79.9. The number of nitro benzene ring substituents is 1. The van der Waals surface area contributed by atoms with E-state index in [0.717, 1.165) is 12.1 Å². The highest BCUT2D eigenvalue weighted by Crippen LogP contribution is 2.27. The summed E-state index contributed by atoms with van der Waals surface area (Å²) in [6.07, 6.45) is 0. The van der Waals surface area contributed by atoms with E-state index >= 15 is 0 Å². The number of halogens is 3. The average molecular weight is 374 g/mol. The molecule has 21 heavy (non-hydrogen) atoms. The molecule has 8 heteroatoms. The lowest BCUT2D eigenvalue weighted by molar-refractivity contribution is -0.385. The molecule has 0 aliphatic heterocycles. The van der Waals surface area contributed by atoms with E-state index in [1.165, 1.54) is 6.07 Å². The minimum Gasteiger partial charge on any atom is -0.321 e. The van der Waals surface area contributed by atoms with Crippen LogP contribution in [0.4, 0.5) is 15.8 Å². The number of amides is 1. The quantitative estimate of drug-likeness (QED) is 0.640. The van der Waals surface area contributed by atoms with Crippen LogP contribution in [0.15, 0.2) is 40.9 Å². The predicted molar refractivity (Wildman–Crippen MR) is 80.2 cm³/mol. The van der Waals surface area contributed by atoms with E-state index < -0.39 is 22.3 Å². The number of hydrogen-bond acceptors (Lipinski definition) is 3. The maximum atomic E-state index is 13.1. The highest BCUT2D eigenvalue weighted by molar-refractivity contribution is 9.10. The van der Waals surface area contributed by atoms with Crippen molar-refractivity contribution >= 4 is 44.8 Å². The molecule has 1 N–H and O–H groups in total. The van der Waals surface area contributed by atoms with Crippen molar-refractivity contribution < 1.29 is 14.1 Å². The van der Waals surface area contributed by atoms with Gasteiger partial charge < -0.3 is 5.32 Å². The number of carbonyl (C=O) groups is 1. The van der Waals surface area contributed by atoms with Gasteiger partial charge in [0.1, 0.15) is 11.4 Å². The first-order valence-electron chi connectivity index (χ1n) is 5.59. The van der Waals surface area contributed by atoms with E-state index in [-0.39, 0.29) is 5.56 Å². The predicted octanol–water partition coefficient (Wildman–Crippen LogP) is 4.40.